The molecule has 2 fully saturated rings. The topological polar surface area (TPSA) is 44.8 Å². The Morgan fingerprint density at radius 1 is 1.28 bits per heavy atom. The van der Waals surface area contributed by atoms with Gasteiger partial charge >= 0.3 is 0 Å². The first-order valence-corrected chi connectivity index (χ1v) is 9.10. The van der Waals surface area contributed by atoms with Crippen molar-refractivity contribution in [2.24, 2.45) is 5.92 Å². The number of ether oxygens (including phenoxy) is 1. The van der Waals surface area contributed by atoms with Crippen LogP contribution in [0.4, 0.5) is 0 Å². The normalized spacial score (nSPS) is 21.2. The molecule has 1 amide bonds. The molecule has 0 spiro atoms. The zero-order valence-corrected chi connectivity index (χ0v) is 16.1. The molecule has 5 nitrogen and oxygen atoms in total. The van der Waals surface area contributed by atoms with Gasteiger partial charge in [-0.1, -0.05) is 19.9 Å². The molecule has 2 aliphatic heterocycles. The zero-order chi connectivity index (χ0) is 16.9. The van der Waals surface area contributed by atoms with Gasteiger partial charge < -0.3 is 15.0 Å². The highest BCUT2D eigenvalue weighted by atomic mass is 35.5. The van der Waals surface area contributed by atoms with Crippen molar-refractivity contribution in [3.63, 3.8) is 0 Å². The highest BCUT2D eigenvalue weighted by Gasteiger charge is 2.31. The van der Waals surface area contributed by atoms with Crippen LogP contribution in [0.25, 0.3) is 0 Å². The van der Waals surface area contributed by atoms with E-state index in [1.54, 1.807) is 0 Å². The third-order valence-corrected chi connectivity index (χ3v) is 4.78. The molecule has 0 aliphatic carbocycles. The largest absolute Gasteiger partial charge is 0.493 e. The highest BCUT2D eigenvalue weighted by molar-refractivity contribution is 5.94. The summed E-state index contributed by atoms with van der Waals surface area (Å²) in [6, 6.07) is 8.11. The second-order valence-electron chi connectivity index (χ2n) is 7.21. The van der Waals surface area contributed by atoms with Gasteiger partial charge in [0.25, 0.3) is 5.91 Å². The zero-order valence-electron chi connectivity index (χ0n) is 15.2. The maximum Gasteiger partial charge on any atom is 0.254 e. The van der Waals surface area contributed by atoms with Crippen LogP contribution in [-0.2, 0) is 0 Å². The van der Waals surface area contributed by atoms with Gasteiger partial charge in [0.15, 0.2) is 0 Å². The molecule has 1 aromatic carbocycles. The number of nitrogens with zero attached hydrogens (tertiary/aromatic N) is 2. The summed E-state index contributed by atoms with van der Waals surface area (Å²) < 4.78 is 5.75. The van der Waals surface area contributed by atoms with Crippen molar-refractivity contribution < 1.29 is 9.53 Å². The quantitative estimate of drug-likeness (QED) is 0.867. The van der Waals surface area contributed by atoms with Gasteiger partial charge in [-0.05, 0) is 30.5 Å². The first kappa shape index (κ1) is 20.0. The van der Waals surface area contributed by atoms with Gasteiger partial charge in [0.1, 0.15) is 5.75 Å². The fourth-order valence-corrected chi connectivity index (χ4v) is 3.44. The molecule has 0 saturated carbocycles. The van der Waals surface area contributed by atoms with E-state index >= 15 is 0 Å². The van der Waals surface area contributed by atoms with E-state index < -0.39 is 0 Å². The summed E-state index contributed by atoms with van der Waals surface area (Å²) in [6.45, 7) is 10.9. The lowest BCUT2D eigenvalue weighted by atomic mass is 10.2. The molecule has 3 rings (SSSR count). The van der Waals surface area contributed by atoms with E-state index in [2.05, 4.69) is 24.1 Å². The smallest absolute Gasteiger partial charge is 0.254 e. The number of rotatable bonds is 5. The SMILES string of the molecule is CC(C)COc1cccc(C(=O)N2CCC(N3CCNCC3)C2)c1.Cl. The average Bonchev–Trinajstić information content (AvgIpc) is 3.10. The minimum atomic E-state index is 0. The van der Waals surface area contributed by atoms with E-state index in [0.717, 1.165) is 57.0 Å². The summed E-state index contributed by atoms with van der Waals surface area (Å²) in [5.41, 5.74) is 0.734. The first-order chi connectivity index (χ1) is 11.6. The first-order valence-electron chi connectivity index (χ1n) is 9.10. The van der Waals surface area contributed by atoms with Crippen LogP contribution >= 0.6 is 12.4 Å². The van der Waals surface area contributed by atoms with Crippen LogP contribution in [-0.4, -0.2) is 67.6 Å². The van der Waals surface area contributed by atoms with Crippen molar-refractivity contribution in [1.82, 2.24) is 15.1 Å². The number of hydrogen-bond donors (Lipinski definition) is 1. The molecule has 0 bridgehead atoms. The van der Waals surface area contributed by atoms with E-state index in [-0.39, 0.29) is 18.3 Å². The third-order valence-electron chi connectivity index (χ3n) is 4.78. The molecule has 2 saturated heterocycles. The number of halogens is 1. The molecule has 140 valence electrons. The monoisotopic (exact) mass is 367 g/mol. The predicted molar refractivity (Wildman–Crippen MR) is 103 cm³/mol. The number of piperazine rings is 1. The number of likely N-dealkylation sites (tertiary alicyclic amines) is 1. The van der Waals surface area contributed by atoms with Gasteiger partial charge in [-0.15, -0.1) is 12.4 Å². The number of benzene rings is 1. The summed E-state index contributed by atoms with van der Waals surface area (Å²) in [5, 5.41) is 3.39. The molecule has 2 heterocycles. The Bertz CT molecular complexity index is 561. The van der Waals surface area contributed by atoms with Crippen molar-refractivity contribution in [3.8, 4) is 5.75 Å². The minimum Gasteiger partial charge on any atom is -0.493 e. The van der Waals surface area contributed by atoms with E-state index in [1.807, 2.05) is 29.2 Å². The van der Waals surface area contributed by atoms with Crippen molar-refractivity contribution >= 4 is 18.3 Å². The summed E-state index contributed by atoms with van der Waals surface area (Å²) in [4.78, 5) is 17.3. The molecule has 1 unspecified atom stereocenters. The van der Waals surface area contributed by atoms with Gasteiger partial charge in [-0.3, -0.25) is 9.69 Å². The molecule has 25 heavy (non-hydrogen) atoms. The Morgan fingerprint density at radius 2 is 2.04 bits per heavy atom. The lowest BCUT2D eigenvalue weighted by Crippen LogP contribution is -2.49. The summed E-state index contributed by atoms with van der Waals surface area (Å²) in [6.07, 6.45) is 1.08. The van der Waals surface area contributed by atoms with Crippen molar-refractivity contribution in [2.75, 3.05) is 45.9 Å². The number of nitrogens with one attached hydrogen (secondary N) is 1. The van der Waals surface area contributed by atoms with Crippen LogP contribution in [0.3, 0.4) is 0 Å². The standard InChI is InChI=1S/C19H29N3O2.ClH/c1-15(2)14-24-18-5-3-4-16(12-18)19(23)22-9-6-17(13-22)21-10-7-20-8-11-21;/h3-5,12,15,17,20H,6-11,13-14H2,1-2H3;1H. The van der Waals surface area contributed by atoms with Crippen LogP contribution in [0, 0.1) is 5.92 Å². The molecule has 2 aliphatic rings. The molecule has 1 aromatic rings. The summed E-state index contributed by atoms with van der Waals surface area (Å²) in [5.74, 6) is 1.39. The Morgan fingerprint density at radius 3 is 2.76 bits per heavy atom. The lowest BCUT2D eigenvalue weighted by molar-refractivity contribution is 0.0773. The lowest BCUT2D eigenvalue weighted by Gasteiger charge is -2.32. The van der Waals surface area contributed by atoms with Crippen molar-refractivity contribution in [3.05, 3.63) is 29.8 Å². The summed E-state index contributed by atoms with van der Waals surface area (Å²) in [7, 11) is 0. The van der Waals surface area contributed by atoms with E-state index in [9.17, 15) is 4.79 Å². The minimum absolute atomic E-state index is 0. The fraction of sp³-hybridized carbons (Fsp3) is 0.632. The van der Waals surface area contributed by atoms with Crippen LogP contribution in [0.1, 0.15) is 30.6 Å². The highest BCUT2D eigenvalue weighted by Crippen LogP contribution is 2.21. The van der Waals surface area contributed by atoms with E-state index in [0.29, 0.717) is 18.6 Å². The third kappa shape index (κ3) is 5.33. The van der Waals surface area contributed by atoms with Crippen molar-refractivity contribution in [1.29, 1.82) is 0 Å². The molecule has 1 N–H and O–H groups in total. The number of hydrogen-bond acceptors (Lipinski definition) is 4. The Hall–Kier alpha value is -1.30. The molecular formula is C19H30ClN3O2. The molecule has 1 atom stereocenters. The van der Waals surface area contributed by atoms with Gasteiger partial charge in [-0.2, -0.15) is 0 Å². The van der Waals surface area contributed by atoms with Gasteiger partial charge in [0.2, 0.25) is 0 Å². The Labute approximate surface area is 157 Å². The molecular weight excluding hydrogens is 338 g/mol. The maximum absolute atomic E-state index is 12.8. The maximum atomic E-state index is 12.8. The number of carbonyl (C=O) groups excluding carboxylic acids is 1. The second-order valence-corrected chi connectivity index (χ2v) is 7.21. The Kier molecular flexibility index (Phi) is 7.54. The Balaban J connectivity index is 0.00000225. The molecule has 6 heteroatoms. The fourth-order valence-electron chi connectivity index (χ4n) is 3.44. The van der Waals surface area contributed by atoms with Crippen LogP contribution in [0.2, 0.25) is 0 Å². The van der Waals surface area contributed by atoms with Crippen LogP contribution < -0.4 is 10.1 Å². The van der Waals surface area contributed by atoms with Gasteiger partial charge in [0.05, 0.1) is 6.61 Å². The van der Waals surface area contributed by atoms with Crippen LogP contribution in [0.5, 0.6) is 5.75 Å². The van der Waals surface area contributed by atoms with E-state index in [1.165, 1.54) is 0 Å². The average molecular weight is 368 g/mol. The number of carbonyl (C=O) groups is 1. The molecule has 0 radical (unpaired) electrons. The van der Waals surface area contributed by atoms with Gasteiger partial charge in [-0.25, -0.2) is 0 Å². The van der Waals surface area contributed by atoms with Crippen molar-refractivity contribution in [2.45, 2.75) is 26.3 Å². The second kappa shape index (κ2) is 9.41. The predicted octanol–water partition coefficient (Wildman–Crippen LogP) is 2.26. The van der Waals surface area contributed by atoms with Crippen LogP contribution in [0.15, 0.2) is 24.3 Å². The van der Waals surface area contributed by atoms with E-state index in [4.69, 9.17) is 4.74 Å². The van der Waals surface area contributed by atoms with Gasteiger partial charge in [0, 0.05) is 50.9 Å². The number of amides is 1. The molecule has 0 aromatic heterocycles. The summed E-state index contributed by atoms with van der Waals surface area (Å²) >= 11 is 0.